The lowest BCUT2D eigenvalue weighted by Gasteiger charge is -2.19. The highest BCUT2D eigenvalue weighted by molar-refractivity contribution is 7.90. The van der Waals surface area contributed by atoms with Crippen molar-refractivity contribution in [2.24, 2.45) is 5.92 Å². The Labute approximate surface area is 202 Å². The summed E-state index contributed by atoms with van der Waals surface area (Å²) in [5.74, 6) is -0.242. The topological polar surface area (TPSA) is 98.2 Å². The zero-order valence-electron chi connectivity index (χ0n) is 18.7. The number of aromatic nitrogens is 2. The van der Waals surface area contributed by atoms with Gasteiger partial charge < -0.3 is 10.1 Å². The highest BCUT2D eigenvalue weighted by Gasteiger charge is 2.25. The predicted octanol–water partition coefficient (Wildman–Crippen LogP) is 5.57. The minimum atomic E-state index is -3.31. The predicted molar refractivity (Wildman–Crippen MR) is 128 cm³/mol. The molecule has 1 aliphatic rings. The molecular formula is C24H26FN3O4S2. The molecule has 0 bridgehead atoms. The average Bonchev–Trinajstić information content (AvgIpc) is 3.47. The summed E-state index contributed by atoms with van der Waals surface area (Å²) in [4.78, 5) is 21.2. The minimum absolute atomic E-state index is 0.200. The maximum absolute atomic E-state index is 13.2. The normalized spacial score (nSPS) is 15.2. The van der Waals surface area contributed by atoms with Gasteiger partial charge in [-0.05, 0) is 48.6 Å². The number of thiazole rings is 1. The summed E-state index contributed by atoms with van der Waals surface area (Å²) in [6.45, 7) is 0. The molecule has 1 aliphatic carbocycles. The second kappa shape index (κ2) is 10.6. The molecular weight excluding hydrogens is 477 g/mol. The van der Waals surface area contributed by atoms with Crippen LogP contribution in [0, 0.1) is 11.9 Å². The van der Waals surface area contributed by atoms with E-state index in [1.165, 1.54) is 50.2 Å². The van der Waals surface area contributed by atoms with Crippen LogP contribution in [0.15, 0.2) is 53.7 Å². The quantitative estimate of drug-likeness (QED) is 0.384. The number of hydrogen-bond donors (Lipinski definition) is 1. The number of amides is 1. The van der Waals surface area contributed by atoms with Crippen molar-refractivity contribution in [3.8, 4) is 10.8 Å². The Hall–Kier alpha value is -2.85. The molecule has 0 saturated heterocycles. The summed E-state index contributed by atoms with van der Waals surface area (Å²) in [5.41, 5.74) is 0.772. The van der Waals surface area contributed by atoms with Gasteiger partial charge in [0.2, 0.25) is 16.9 Å². The Kier molecular flexibility index (Phi) is 7.57. The second-order valence-electron chi connectivity index (χ2n) is 8.51. The Balaban J connectivity index is 1.47. The van der Waals surface area contributed by atoms with Gasteiger partial charge in [-0.15, -0.1) is 0 Å². The van der Waals surface area contributed by atoms with E-state index in [1.807, 2.05) is 0 Å². The van der Waals surface area contributed by atoms with Gasteiger partial charge in [-0.1, -0.05) is 49.2 Å². The van der Waals surface area contributed by atoms with E-state index in [9.17, 15) is 17.6 Å². The number of sulfone groups is 1. The fraction of sp³-hybridized carbons (Fsp3) is 0.375. The Morgan fingerprint density at radius 2 is 1.88 bits per heavy atom. The van der Waals surface area contributed by atoms with E-state index in [0.29, 0.717) is 28.3 Å². The molecule has 1 aromatic carbocycles. The number of rotatable bonds is 9. The standard InChI is InChI=1S/C24H26FN3O4S2/c1-34(30,31)19-10-7-17(8-11-19)20(12-6-16-4-2-3-5-16)23(29)28-24-27-15-22(33-24)32-18-9-13-21(25)26-14-18/h7-11,13-16,20H,2-6,12H2,1H3,(H,27,28,29)/t20-/m1/s1. The number of anilines is 1. The molecule has 3 aromatic rings. The third kappa shape index (κ3) is 6.38. The number of hydrogen-bond acceptors (Lipinski definition) is 7. The van der Waals surface area contributed by atoms with Crippen molar-refractivity contribution in [3.05, 3.63) is 60.3 Å². The zero-order valence-corrected chi connectivity index (χ0v) is 20.4. The first kappa shape index (κ1) is 24.3. The number of carbonyl (C=O) groups excluding carboxylic acids is 1. The van der Waals surface area contributed by atoms with Crippen molar-refractivity contribution in [3.63, 3.8) is 0 Å². The molecule has 1 atom stereocenters. The molecule has 1 fully saturated rings. The minimum Gasteiger partial charge on any atom is -0.443 e. The van der Waals surface area contributed by atoms with Crippen LogP contribution >= 0.6 is 11.3 Å². The molecule has 0 unspecified atom stereocenters. The fourth-order valence-electron chi connectivity index (χ4n) is 4.19. The van der Waals surface area contributed by atoms with E-state index in [0.717, 1.165) is 29.6 Å². The van der Waals surface area contributed by atoms with Gasteiger partial charge in [0.1, 0.15) is 5.75 Å². The molecule has 0 radical (unpaired) electrons. The van der Waals surface area contributed by atoms with Crippen molar-refractivity contribution >= 4 is 32.2 Å². The van der Waals surface area contributed by atoms with Gasteiger partial charge in [-0.3, -0.25) is 4.79 Å². The number of ether oxygens (including phenoxy) is 1. The molecule has 1 saturated carbocycles. The number of pyridine rings is 1. The molecule has 1 N–H and O–H groups in total. The van der Waals surface area contributed by atoms with Crippen LogP contribution < -0.4 is 10.1 Å². The summed E-state index contributed by atoms with van der Waals surface area (Å²) < 4.78 is 42.2. The smallest absolute Gasteiger partial charge is 0.233 e. The van der Waals surface area contributed by atoms with Gasteiger partial charge in [-0.25, -0.2) is 18.4 Å². The van der Waals surface area contributed by atoms with Gasteiger partial charge in [0.05, 0.1) is 23.2 Å². The van der Waals surface area contributed by atoms with Crippen molar-refractivity contribution < 1.29 is 22.3 Å². The Morgan fingerprint density at radius 1 is 1.15 bits per heavy atom. The molecule has 34 heavy (non-hydrogen) atoms. The molecule has 1 amide bonds. The first-order valence-corrected chi connectivity index (χ1v) is 13.8. The zero-order chi connectivity index (χ0) is 24.1. The summed E-state index contributed by atoms with van der Waals surface area (Å²) in [5, 5.41) is 3.69. The lowest BCUT2D eigenvalue weighted by atomic mass is 9.89. The van der Waals surface area contributed by atoms with E-state index in [1.54, 1.807) is 24.3 Å². The fourth-order valence-corrected chi connectivity index (χ4v) is 5.51. The number of nitrogens with zero attached hydrogens (tertiary/aromatic N) is 2. The highest BCUT2D eigenvalue weighted by atomic mass is 32.2. The van der Waals surface area contributed by atoms with Crippen molar-refractivity contribution in [2.45, 2.75) is 49.3 Å². The van der Waals surface area contributed by atoms with E-state index >= 15 is 0 Å². The molecule has 0 spiro atoms. The van der Waals surface area contributed by atoms with Gasteiger partial charge in [0, 0.05) is 6.26 Å². The maximum Gasteiger partial charge on any atom is 0.233 e. The first-order chi connectivity index (χ1) is 16.3. The second-order valence-corrected chi connectivity index (χ2v) is 11.5. The summed E-state index contributed by atoms with van der Waals surface area (Å²) in [7, 11) is -3.31. The van der Waals surface area contributed by atoms with Gasteiger partial charge in [0.15, 0.2) is 15.0 Å². The van der Waals surface area contributed by atoms with Gasteiger partial charge in [0.25, 0.3) is 0 Å². The molecule has 4 rings (SSSR count). The molecule has 2 heterocycles. The molecule has 180 valence electrons. The average molecular weight is 504 g/mol. The Bertz CT molecular complexity index is 1220. The molecule has 2 aromatic heterocycles. The summed E-state index contributed by atoms with van der Waals surface area (Å²) in [6.07, 6.45) is 10.4. The first-order valence-electron chi connectivity index (χ1n) is 11.1. The van der Waals surface area contributed by atoms with E-state index < -0.39 is 21.7 Å². The van der Waals surface area contributed by atoms with Crippen LogP contribution in [0.25, 0.3) is 0 Å². The van der Waals surface area contributed by atoms with Crippen LogP contribution in [0.3, 0.4) is 0 Å². The van der Waals surface area contributed by atoms with Crippen LogP contribution in [0.2, 0.25) is 0 Å². The number of halogens is 1. The van der Waals surface area contributed by atoms with E-state index in [-0.39, 0.29) is 10.8 Å². The highest BCUT2D eigenvalue weighted by Crippen LogP contribution is 2.34. The lowest BCUT2D eigenvalue weighted by Crippen LogP contribution is -2.22. The molecule has 10 heteroatoms. The lowest BCUT2D eigenvalue weighted by molar-refractivity contribution is -0.117. The molecule has 0 aliphatic heterocycles. The van der Waals surface area contributed by atoms with Gasteiger partial charge >= 0.3 is 0 Å². The summed E-state index contributed by atoms with van der Waals surface area (Å²) in [6, 6.07) is 9.18. The monoisotopic (exact) mass is 503 g/mol. The van der Waals surface area contributed by atoms with Crippen LogP contribution in [-0.2, 0) is 14.6 Å². The van der Waals surface area contributed by atoms with E-state index in [4.69, 9.17) is 4.74 Å². The maximum atomic E-state index is 13.2. The van der Waals surface area contributed by atoms with Crippen molar-refractivity contribution in [2.75, 3.05) is 11.6 Å². The number of benzene rings is 1. The number of nitrogens with one attached hydrogen (secondary N) is 1. The van der Waals surface area contributed by atoms with Crippen LogP contribution in [0.5, 0.6) is 10.8 Å². The van der Waals surface area contributed by atoms with Gasteiger partial charge in [-0.2, -0.15) is 4.39 Å². The van der Waals surface area contributed by atoms with Crippen LogP contribution in [-0.4, -0.2) is 30.5 Å². The number of carbonyl (C=O) groups is 1. The van der Waals surface area contributed by atoms with Crippen LogP contribution in [0.4, 0.5) is 9.52 Å². The molecule has 7 nitrogen and oxygen atoms in total. The Morgan fingerprint density at radius 3 is 2.53 bits per heavy atom. The largest absolute Gasteiger partial charge is 0.443 e. The third-order valence-corrected chi connectivity index (χ3v) is 7.92. The summed E-state index contributed by atoms with van der Waals surface area (Å²) >= 11 is 1.16. The van der Waals surface area contributed by atoms with Crippen molar-refractivity contribution in [1.29, 1.82) is 0 Å². The van der Waals surface area contributed by atoms with Crippen LogP contribution in [0.1, 0.15) is 50.0 Å². The SMILES string of the molecule is CS(=O)(=O)c1ccc([C@@H](CCC2CCCC2)C(=O)Nc2ncc(Oc3ccc(F)nc3)s2)cc1. The van der Waals surface area contributed by atoms with Crippen molar-refractivity contribution in [1.82, 2.24) is 9.97 Å². The van der Waals surface area contributed by atoms with E-state index in [2.05, 4.69) is 15.3 Å². The third-order valence-electron chi connectivity index (χ3n) is 6.00.